The molecule has 4 aliphatic rings. The van der Waals surface area contributed by atoms with Crippen LogP contribution in [0, 0.1) is 18.8 Å². The molecule has 0 aliphatic carbocycles. The first kappa shape index (κ1) is 22.5. The molecule has 4 aliphatic heterocycles. The molecule has 1 spiro atoms. The molecule has 9 heteroatoms. The average molecular weight is 489 g/mol. The van der Waals surface area contributed by atoms with Crippen LogP contribution >= 0.6 is 23.4 Å². The summed E-state index contributed by atoms with van der Waals surface area (Å²) in [6.07, 6.45) is 7.93. The number of aliphatic hydroxyl groups excluding tert-OH is 1. The van der Waals surface area contributed by atoms with E-state index in [0.717, 1.165) is 5.56 Å². The van der Waals surface area contributed by atoms with Crippen molar-refractivity contribution in [1.82, 2.24) is 4.90 Å². The van der Waals surface area contributed by atoms with Gasteiger partial charge in [0.1, 0.15) is 12.6 Å². The van der Waals surface area contributed by atoms with Gasteiger partial charge in [0.2, 0.25) is 5.91 Å². The summed E-state index contributed by atoms with van der Waals surface area (Å²) in [7, 11) is 0. The van der Waals surface area contributed by atoms with Gasteiger partial charge in [0.15, 0.2) is 0 Å². The van der Waals surface area contributed by atoms with E-state index in [0.29, 0.717) is 23.7 Å². The van der Waals surface area contributed by atoms with E-state index in [-0.39, 0.29) is 36.8 Å². The number of halogens is 1. The van der Waals surface area contributed by atoms with E-state index in [1.165, 1.54) is 11.8 Å². The summed E-state index contributed by atoms with van der Waals surface area (Å²) in [5, 5.41) is 9.66. The number of thioether (sulfide) groups is 1. The minimum Gasteiger partial charge on any atom is -0.461 e. The smallest absolute Gasteiger partial charge is 0.311 e. The van der Waals surface area contributed by atoms with E-state index in [2.05, 4.69) is 0 Å². The molecule has 0 bridgehead atoms. The number of carbonyl (C=O) groups excluding carboxylic acids is 3. The molecule has 0 saturated carbocycles. The fourth-order valence-electron chi connectivity index (χ4n) is 5.62. The Labute approximate surface area is 201 Å². The number of anilines is 1. The lowest BCUT2D eigenvalue weighted by Gasteiger charge is -2.35. The number of ether oxygens (including phenoxy) is 1. The van der Waals surface area contributed by atoms with Gasteiger partial charge in [-0.2, -0.15) is 0 Å². The lowest BCUT2D eigenvalue weighted by Crippen LogP contribution is -2.53. The number of amides is 2. The number of esters is 1. The molecule has 1 N–H and O–H groups in total. The van der Waals surface area contributed by atoms with Crippen LogP contribution in [0.2, 0.25) is 5.02 Å². The van der Waals surface area contributed by atoms with Crippen LogP contribution < -0.4 is 4.90 Å². The van der Waals surface area contributed by atoms with Crippen molar-refractivity contribution in [2.75, 3.05) is 31.2 Å². The van der Waals surface area contributed by atoms with Gasteiger partial charge >= 0.3 is 5.97 Å². The molecule has 0 radical (unpaired) electrons. The van der Waals surface area contributed by atoms with Crippen molar-refractivity contribution < 1.29 is 24.2 Å². The van der Waals surface area contributed by atoms with Crippen molar-refractivity contribution in [2.24, 2.45) is 11.8 Å². The normalized spacial score (nSPS) is 32.9. The summed E-state index contributed by atoms with van der Waals surface area (Å²) in [5.74, 6) is -2.24. The number of fused-ring (bicyclic) bond motifs is 2. The van der Waals surface area contributed by atoms with Gasteiger partial charge in [0.05, 0.1) is 27.3 Å². The van der Waals surface area contributed by atoms with Gasteiger partial charge in [0.25, 0.3) is 5.91 Å². The molecule has 1 unspecified atom stereocenters. The van der Waals surface area contributed by atoms with Crippen LogP contribution in [0.3, 0.4) is 0 Å². The first-order valence-corrected chi connectivity index (χ1v) is 12.3. The maximum atomic E-state index is 14.2. The Kier molecular flexibility index (Phi) is 5.79. The van der Waals surface area contributed by atoms with Crippen molar-refractivity contribution in [3.63, 3.8) is 0 Å². The molecular formula is C24H25ClN2O5S. The van der Waals surface area contributed by atoms with E-state index in [4.69, 9.17) is 16.3 Å². The highest BCUT2D eigenvalue weighted by Crippen LogP contribution is 2.61. The Bertz CT molecular complexity index is 1050. The standard InChI is InChI=1S/C24H25ClN2O5S/c1-14-6-2-7-15(25)19(14)26-10-4-9-24-18(17-16(33-24)8-3-13-32-23(17)31)21(29)27(11-5-12-28)20(24)22(26)30/h2-4,6-9,16-18,20,28H,5,10-13H2,1H3/t16-,17+,18+,20?,24+/m1/s1. The molecular weight excluding hydrogens is 464 g/mol. The number of rotatable bonds is 4. The minimum atomic E-state index is -0.899. The van der Waals surface area contributed by atoms with Gasteiger partial charge in [0, 0.05) is 24.9 Å². The first-order chi connectivity index (χ1) is 15.9. The molecule has 2 fully saturated rings. The molecule has 0 aromatic heterocycles. The van der Waals surface area contributed by atoms with Crippen LogP contribution in [-0.2, 0) is 19.1 Å². The molecule has 1 aromatic rings. The maximum Gasteiger partial charge on any atom is 0.311 e. The number of hydrogen-bond donors (Lipinski definition) is 1. The van der Waals surface area contributed by atoms with Crippen molar-refractivity contribution >= 4 is 46.8 Å². The first-order valence-electron chi connectivity index (χ1n) is 11.1. The van der Waals surface area contributed by atoms with E-state index in [1.54, 1.807) is 21.9 Å². The number of aliphatic hydroxyl groups is 1. The second-order valence-electron chi connectivity index (χ2n) is 8.77. The lowest BCUT2D eigenvalue weighted by atomic mass is 9.78. The fraction of sp³-hybridized carbons (Fsp3) is 0.458. The number of cyclic esters (lactones) is 1. The van der Waals surface area contributed by atoms with Gasteiger partial charge < -0.3 is 19.6 Å². The molecule has 5 atom stereocenters. The summed E-state index contributed by atoms with van der Waals surface area (Å²) in [6.45, 7) is 2.53. The quantitative estimate of drug-likeness (QED) is 0.517. The number of nitrogens with zero attached hydrogens (tertiary/aromatic N) is 2. The van der Waals surface area contributed by atoms with E-state index >= 15 is 0 Å². The number of aryl methyl sites for hydroxylation is 1. The summed E-state index contributed by atoms with van der Waals surface area (Å²) in [4.78, 5) is 44.0. The van der Waals surface area contributed by atoms with E-state index < -0.39 is 28.6 Å². The second-order valence-corrected chi connectivity index (χ2v) is 10.7. The molecule has 2 saturated heterocycles. The van der Waals surface area contributed by atoms with E-state index in [1.807, 2.05) is 37.3 Å². The number of para-hydroxylation sites is 1. The highest BCUT2D eigenvalue weighted by Gasteiger charge is 2.71. The Morgan fingerprint density at radius 1 is 1.24 bits per heavy atom. The van der Waals surface area contributed by atoms with Gasteiger partial charge in [-0.05, 0) is 25.0 Å². The molecule has 2 amide bonds. The van der Waals surface area contributed by atoms with Crippen molar-refractivity contribution in [3.05, 3.63) is 53.1 Å². The summed E-state index contributed by atoms with van der Waals surface area (Å²) in [5.41, 5.74) is 1.49. The van der Waals surface area contributed by atoms with Gasteiger partial charge in [-0.15, -0.1) is 11.8 Å². The Hall–Kier alpha value is -2.29. The zero-order valence-corrected chi connectivity index (χ0v) is 19.7. The maximum absolute atomic E-state index is 14.2. The van der Waals surface area contributed by atoms with Crippen LogP contribution in [0.1, 0.15) is 12.0 Å². The molecule has 5 rings (SSSR count). The largest absolute Gasteiger partial charge is 0.461 e. The molecule has 174 valence electrons. The zero-order chi connectivity index (χ0) is 23.3. The Morgan fingerprint density at radius 2 is 2.06 bits per heavy atom. The number of benzene rings is 1. The third-order valence-corrected chi connectivity index (χ3v) is 8.98. The highest BCUT2D eigenvalue weighted by molar-refractivity contribution is 8.02. The van der Waals surface area contributed by atoms with Gasteiger partial charge in [-0.25, -0.2) is 0 Å². The third-order valence-electron chi connectivity index (χ3n) is 6.93. The summed E-state index contributed by atoms with van der Waals surface area (Å²) < 4.78 is 4.46. The topological polar surface area (TPSA) is 87.2 Å². The third kappa shape index (κ3) is 3.33. The van der Waals surface area contributed by atoms with Crippen LogP contribution in [0.4, 0.5) is 5.69 Å². The van der Waals surface area contributed by atoms with Gasteiger partial charge in [-0.1, -0.05) is 48.0 Å². The van der Waals surface area contributed by atoms with Gasteiger partial charge in [-0.3, -0.25) is 14.4 Å². The molecule has 4 heterocycles. The number of hydrogen-bond acceptors (Lipinski definition) is 6. The van der Waals surface area contributed by atoms with E-state index in [9.17, 15) is 19.5 Å². The summed E-state index contributed by atoms with van der Waals surface area (Å²) >= 11 is 8.01. The van der Waals surface area contributed by atoms with Crippen molar-refractivity contribution in [3.8, 4) is 0 Å². The minimum absolute atomic E-state index is 0.102. The van der Waals surface area contributed by atoms with Crippen molar-refractivity contribution in [2.45, 2.75) is 29.4 Å². The second kappa shape index (κ2) is 8.49. The predicted molar refractivity (Wildman–Crippen MR) is 126 cm³/mol. The lowest BCUT2D eigenvalue weighted by molar-refractivity contribution is -0.151. The molecule has 7 nitrogen and oxygen atoms in total. The Morgan fingerprint density at radius 3 is 2.82 bits per heavy atom. The monoisotopic (exact) mass is 488 g/mol. The fourth-order valence-corrected chi connectivity index (χ4v) is 7.94. The SMILES string of the molecule is Cc1cccc(Cl)c1N1CC=C[C@]23S[C@@H]4C=CCOC(=O)[C@@H]4[C@H]2C(=O)N(CCCO)C3C1=O. The zero-order valence-electron chi connectivity index (χ0n) is 18.1. The Balaban J connectivity index is 1.64. The average Bonchev–Trinajstić information content (AvgIpc) is 3.08. The molecule has 1 aromatic carbocycles. The van der Waals surface area contributed by atoms with Crippen LogP contribution in [0.15, 0.2) is 42.5 Å². The van der Waals surface area contributed by atoms with Crippen LogP contribution in [0.25, 0.3) is 0 Å². The molecule has 33 heavy (non-hydrogen) atoms. The van der Waals surface area contributed by atoms with Crippen LogP contribution in [-0.4, -0.2) is 70.1 Å². The summed E-state index contributed by atoms with van der Waals surface area (Å²) in [6, 6.07) is 4.67. The van der Waals surface area contributed by atoms with Crippen LogP contribution in [0.5, 0.6) is 0 Å². The number of likely N-dealkylation sites (tertiary alicyclic amines) is 1. The van der Waals surface area contributed by atoms with Crippen molar-refractivity contribution in [1.29, 1.82) is 0 Å². The predicted octanol–water partition coefficient (Wildman–Crippen LogP) is 2.34. The number of carbonyl (C=O) groups is 3. The highest BCUT2D eigenvalue weighted by atomic mass is 35.5.